The Balaban J connectivity index is 2.42. The zero-order valence-electron chi connectivity index (χ0n) is 12.7. The molecule has 0 amide bonds. The number of ether oxygens (including phenoxy) is 1. The maximum Gasteiger partial charge on any atom is 0.303 e. The van der Waals surface area contributed by atoms with Gasteiger partial charge in [0, 0.05) is 6.54 Å². The van der Waals surface area contributed by atoms with Gasteiger partial charge in [-0.15, -0.1) is 6.58 Å². The fourth-order valence-electron chi connectivity index (χ4n) is 2.41. The first-order valence-corrected chi connectivity index (χ1v) is 7.63. The summed E-state index contributed by atoms with van der Waals surface area (Å²) in [6.07, 6.45) is 1.63. The van der Waals surface area contributed by atoms with Gasteiger partial charge in [-0.1, -0.05) is 24.3 Å². The topological polar surface area (TPSA) is 64.8 Å². The molecule has 118 valence electrons. The van der Waals surface area contributed by atoms with Gasteiger partial charge in [-0.2, -0.15) is 4.98 Å². The Kier molecular flexibility index (Phi) is 4.12. The predicted octanol–water partition coefficient (Wildman–Crippen LogP) is 2.83. The minimum absolute atomic E-state index is 0.231. The molecular weight excluding hydrogens is 312 g/mol. The van der Waals surface area contributed by atoms with Crippen LogP contribution >= 0.6 is 12.2 Å². The van der Waals surface area contributed by atoms with E-state index in [0.29, 0.717) is 35.1 Å². The van der Waals surface area contributed by atoms with Crippen LogP contribution in [0.1, 0.15) is 6.92 Å². The van der Waals surface area contributed by atoms with Crippen LogP contribution in [0.4, 0.5) is 0 Å². The van der Waals surface area contributed by atoms with Crippen molar-refractivity contribution >= 4 is 23.4 Å². The molecule has 0 saturated heterocycles. The first-order chi connectivity index (χ1) is 11.2. The van der Waals surface area contributed by atoms with Crippen molar-refractivity contribution in [2.24, 2.45) is 0 Å². The molecule has 0 aliphatic heterocycles. The molecule has 0 radical (unpaired) electrons. The van der Waals surface area contributed by atoms with E-state index in [4.69, 9.17) is 17.0 Å². The first kappa shape index (κ1) is 15.2. The molecule has 1 aromatic carbocycles. The zero-order valence-corrected chi connectivity index (χ0v) is 13.5. The second-order valence-corrected chi connectivity index (χ2v) is 5.22. The Morgan fingerprint density at radius 3 is 2.78 bits per heavy atom. The number of hydrogen-bond acceptors (Lipinski definition) is 4. The van der Waals surface area contributed by atoms with Crippen LogP contribution in [-0.2, 0) is 6.54 Å². The third-order valence-corrected chi connectivity index (χ3v) is 3.69. The number of imidazole rings is 1. The van der Waals surface area contributed by atoms with E-state index in [1.54, 1.807) is 10.6 Å². The minimum atomic E-state index is -0.231. The average molecular weight is 328 g/mol. The second kappa shape index (κ2) is 6.21. The van der Waals surface area contributed by atoms with Gasteiger partial charge in [0.15, 0.2) is 15.9 Å². The van der Waals surface area contributed by atoms with Crippen molar-refractivity contribution in [3.63, 3.8) is 0 Å². The molecule has 3 rings (SSSR count). The summed E-state index contributed by atoms with van der Waals surface area (Å²) >= 11 is 5.24. The highest BCUT2D eigenvalue weighted by Crippen LogP contribution is 2.23. The Morgan fingerprint density at radius 2 is 2.13 bits per heavy atom. The quantitative estimate of drug-likeness (QED) is 0.578. The molecular formula is C16H16N4O2S. The number of rotatable bonds is 5. The van der Waals surface area contributed by atoms with Gasteiger partial charge in [-0.3, -0.25) is 13.9 Å². The van der Waals surface area contributed by atoms with Gasteiger partial charge in [0.2, 0.25) is 0 Å². The molecule has 2 aromatic heterocycles. The molecule has 6 nitrogen and oxygen atoms in total. The van der Waals surface area contributed by atoms with Gasteiger partial charge in [0.05, 0.1) is 12.3 Å². The number of aromatic amines is 1. The van der Waals surface area contributed by atoms with Gasteiger partial charge >= 0.3 is 6.01 Å². The molecule has 0 saturated carbocycles. The van der Waals surface area contributed by atoms with Crippen molar-refractivity contribution in [1.29, 1.82) is 0 Å². The summed E-state index contributed by atoms with van der Waals surface area (Å²) in [4.78, 5) is 20.2. The molecule has 0 spiro atoms. The van der Waals surface area contributed by atoms with E-state index >= 15 is 0 Å². The highest BCUT2D eigenvalue weighted by molar-refractivity contribution is 7.71. The van der Waals surface area contributed by atoms with Crippen LogP contribution in [0.15, 0.2) is 47.8 Å². The van der Waals surface area contributed by atoms with Crippen LogP contribution in [0.25, 0.3) is 16.9 Å². The summed E-state index contributed by atoms with van der Waals surface area (Å²) in [6, 6.07) is 9.83. The van der Waals surface area contributed by atoms with Crippen molar-refractivity contribution < 1.29 is 4.74 Å². The smallest absolute Gasteiger partial charge is 0.303 e. The lowest BCUT2D eigenvalue weighted by Gasteiger charge is -2.09. The molecule has 0 aliphatic rings. The number of fused-ring (bicyclic) bond motifs is 1. The SMILES string of the molecule is C=CCn1c(=S)[nH]c2nc(OCC)n(-c3ccccc3)c2c1=O. The first-order valence-electron chi connectivity index (χ1n) is 7.22. The third kappa shape index (κ3) is 2.59. The fraction of sp³-hybridized carbons (Fsp3) is 0.188. The maximum absolute atomic E-state index is 12.9. The van der Waals surface area contributed by atoms with Gasteiger partial charge in [0.25, 0.3) is 5.56 Å². The molecule has 7 heteroatoms. The van der Waals surface area contributed by atoms with E-state index in [1.807, 2.05) is 37.3 Å². The van der Waals surface area contributed by atoms with Gasteiger partial charge in [-0.05, 0) is 31.3 Å². The van der Waals surface area contributed by atoms with Crippen LogP contribution in [0.2, 0.25) is 0 Å². The van der Waals surface area contributed by atoms with E-state index in [2.05, 4.69) is 16.5 Å². The van der Waals surface area contributed by atoms with Crippen molar-refractivity contribution in [2.45, 2.75) is 13.5 Å². The molecule has 23 heavy (non-hydrogen) atoms. The number of H-pyrrole nitrogens is 1. The normalized spacial score (nSPS) is 10.8. The summed E-state index contributed by atoms with van der Waals surface area (Å²) in [5.41, 5.74) is 1.37. The number of para-hydroxylation sites is 1. The third-order valence-electron chi connectivity index (χ3n) is 3.36. The monoisotopic (exact) mass is 328 g/mol. The average Bonchev–Trinajstić information content (AvgIpc) is 2.90. The number of nitrogens with one attached hydrogen (secondary N) is 1. The van der Waals surface area contributed by atoms with Crippen molar-refractivity contribution in [3.05, 3.63) is 58.1 Å². The van der Waals surface area contributed by atoms with Crippen LogP contribution in [0.5, 0.6) is 6.01 Å². The number of allylic oxidation sites excluding steroid dienone is 1. The summed E-state index contributed by atoms with van der Waals surface area (Å²) in [5, 5.41) is 0. The number of benzene rings is 1. The molecule has 0 bridgehead atoms. The van der Waals surface area contributed by atoms with E-state index in [0.717, 1.165) is 5.69 Å². The van der Waals surface area contributed by atoms with Crippen LogP contribution in [0.3, 0.4) is 0 Å². The maximum atomic E-state index is 12.9. The van der Waals surface area contributed by atoms with Crippen LogP contribution in [-0.4, -0.2) is 25.7 Å². The van der Waals surface area contributed by atoms with Gasteiger partial charge in [-0.25, -0.2) is 0 Å². The van der Waals surface area contributed by atoms with E-state index < -0.39 is 0 Å². The van der Waals surface area contributed by atoms with Gasteiger partial charge < -0.3 is 9.72 Å². The molecule has 2 heterocycles. The lowest BCUT2D eigenvalue weighted by molar-refractivity contribution is 0.309. The number of hydrogen-bond donors (Lipinski definition) is 1. The van der Waals surface area contributed by atoms with Crippen molar-refractivity contribution in [3.8, 4) is 11.7 Å². The lowest BCUT2D eigenvalue weighted by Crippen LogP contribution is -2.23. The van der Waals surface area contributed by atoms with Crippen LogP contribution < -0.4 is 10.3 Å². The van der Waals surface area contributed by atoms with Crippen molar-refractivity contribution in [1.82, 2.24) is 19.1 Å². The molecule has 0 unspecified atom stereocenters. The molecule has 1 N–H and O–H groups in total. The van der Waals surface area contributed by atoms with E-state index in [9.17, 15) is 4.79 Å². The van der Waals surface area contributed by atoms with Crippen LogP contribution in [0, 0.1) is 4.77 Å². The summed E-state index contributed by atoms with van der Waals surface area (Å²) in [5.74, 6) is 0. The molecule has 0 atom stereocenters. The largest absolute Gasteiger partial charge is 0.465 e. The second-order valence-electron chi connectivity index (χ2n) is 4.83. The summed E-state index contributed by atoms with van der Waals surface area (Å²) in [6.45, 7) is 6.30. The predicted molar refractivity (Wildman–Crippen MR) is 91.9 cm³/mol. The number of aromatic nitrogens is 4. The lowest BCUT2D eigenvalue weighted by atomic mass is 10.3. The highest BCUT2D eigenvalue weighted by atomic mass is 32.1. The standard InChI is InChI=1S/C16H16N4O2S/c1-3-10-19-14(21)12-13(18-16(19)23)17-15(22-4-2)20(12)11-8-6-5-7-9-11/h3,5-9H,1,4,10H2,2H3,(H,18,23). The molecule has 3 aromatic rings. The number of nitrogens with zero attached hydrogens (tertiary/aromatic N) is 3. The van der Waals surface area contributed by atoms with E-state index in [-0.39, 0.29) is 5.56 Å². The molecule has 0 aliphatic carbocycles. The summed E-state index contributed by atoms with van der Waals surface area (Å²) < 4.78 is 9.06. The zero-order chi connectivity index (χ0) is 16.4. The van der Waals surface area contributed by atoms with E-state index in [1.165, 1.54) is 4.57 Å². The Bertz CT molecular complexity index is 969. The fourth-order valence-corrected chi connectivity index (χ4v) is 2.66. The summed E-state index contributed by atoms with van der Waals surface area (Å²) in [7, 11) is 0. The van der Waals surface area contributed by atoms with Crippen molar-refractivity contribution in [2.75, 3.05) is 6.61 Å². The van der Waals surface area contributed by atoms with Gasteiger partial charge in [0.1, 0.15) is 0 Å². The highest BCUT2D eigenvalue weighted by Gasteiger charge is 2.18. The molecule has 0 fully saturated rings. The Hall–Kier alpha value is -2.67. The Morgan fingerprint density at radius 1 is 1.39 bits per heavy atom. The Labute approximate surface area is 137 Å². The minimum Gasteiger partial charge on any atom is -0.465 e.